The molecule has 1 atom stereocenters. The molecule has 0 aliphatic heterocycles. The summed E-state index contributed by atoms with van der Waals surface area (Å²) in [6.45, 7) is 4.79. The average molecular weight is 381 g/mol. The lowest BCUT2D eigenvalue weighted by Gasteiger charge is -2.29. The highest BCUT2D eigenvalue weighted by atomic mass is 17.2. The van der Waals surface area contributed by atoms with Crippen LogP contribution >= 0.6 is 0 Å². The largest absolute Gasteiger partial charge is 0.231 e. The Hall–Kier alpha value is -1.64. The molecule has 0 heterocycles. The van der Waals surface area contributed by atoms with Gasteiger partial charge in [-0.25, -0.2) is 9.78 Å². The van der Waals surface area contributed by atoms with E-state index >= 15 is 0 Å². The van der Waals surface area contributed by atoms with E-state index in [2.05, 4.69) is 43.3 Å². The zero-order chi connectivity index (χ0) is 19.6. The van der Waals surface area contributed by atoms with Crippen LogP contribution in [0.3, 0.4) is 0 Å². The first kappa shape index (κ1) is 21.1. The van der Waals surface area contributed by atoms with E-state index in [1.807, 2.05) is 25.1 Å². The Balaban J connectivity index is 1.39. The minimum Gasteiger partial charge on any atom is -0.231 e. The number of hydrogen-bond donors (Lipinski definition) is 0. The van der Waals surface area contributed by atoms with Crippen molar-refractivity contribution in [3.05, 3.63) is 71.3 Å². The van der Waals surface area contributed by atoms with Crippen molar-refractivity contribution in [1.82, 2.24) is 0 Å². The lowest BCUT2D eigenvalue weighted by Crippen LogP contribution is -2.13. The molecule has 0 bridgehead atoms. The number of rotatable bonds is 10. The van der Waals surface area contributed by atoms with Gasteiger partial charge in [0.1, 0.15) is 12.7 Å². The molecule has 2 aromatic rings. The standard InChI is InChI=1S/C26H36O2/c1-3-4-6-9-22-12-16-25(17-13-22)26-18-14-23(15-19-26)20-27-28-21(2)24-10-7-5-8-11-24/h5,7-8,10-11,14-15,18-19,21-22,25H,3-4,6,9,12-13,16-17,20H2,1-2H3. The van der Waals surface area contributed by atoms with E-state index in [0.29, 0.717) is 6.61 Å². The molecule has 3 rings (SSSR count). The first-order chi connectivity index (χ1) is 13.8. The van der Waals surface area contributed by atoms with Crippen LogP contribution in [0.1, 0.15) is 93.9 Å². The van der Waals surface area contributed by atoms with Crippen LogP contribution in [0.5, 0.6) is 0 Å². The molecule has 0 saturated heterocycles. The summed E-state index contributed by atoms with van der Waals surface area (Å²) in [6.07, 6.45) is 11.1. The van der Waals surface area contributed by atoms with Gasteiger partial charge in [0.25, 0.3) is 0 Å². The van der Waals surface area contributed by atoms with Crippen LogP contribution in [0.25, 0.3) is 0 Å². The van der Waals surface area contributed by atoms with Gasteiger partial charge in [-0.2, -0.15) is 0 Å². The van der Waals surface area contributed by atoms with Crippen molar-refractivity contribution in [2.45, 2.75) is 83.8 Å². The van der Waals surface area contributed by atoms with Gasteiger partial charge in [-0.3, -0.25) is 0 Å². The molecular weight excluding hydrogens is 344 g/mol. The van der Waals surface area contributed by atoms with Crippen molar-refractivity contribution in [2.24, 2.45) is 5.92 Å². The van der Waals surface area contributed by atoms with Crippen LogP contribution in [-0.2, 0) is 16.4 Å². The lowest BCUT2D eigenvalue weighted by atomic mass is 9.77. The van der Waals surface area contributed by atoms with Gasteiger partial charge in [0.15, 0.2) is 0 Å². The summed E-state index contributed by atoms with van der Waals surface area (Å²) in [4.78, 5) is 11.0. The third kappa shape index (κ3) is 6.46. The lowest BCUT2D eigenvalue weighted by molar-refractivity contribution is -0.332. The molecule has 0 amide bonds. The fourth-order valence-electron chi connectivity index (χ4n) is 4.34. The molecular formula is C26H36O2. The maximum atomic E-state index is 5.53. The summed E-state index contributed by atoms with van der Waals surface area (Å²) < 4.78 is 0. The quantitative estimate of drug-likeness (QED) is 0.238. The van der Waals surface area contributed by atoms with Crippen LogP contribution in [0.2, 0.25) is 0 Å². The second kappa shape index (κ2) is 11.4. The van der Waals surface area contributed by atoms with E-state index in [4.69, 9.17) is 9.78 Å². The molecule has 1 aliphatic carbocycles. The number of benzene rings is 2. The molecule has 1 saturated carbocycles. The predicted octanol–water partition coefficient (Wildman–Crippen LogP) is 7.75. The van der Waals surface area contributed by atoms with Gasteiger partial charge in [-0.05, 0) is 61.1 Å². The van der Waals surface area contributed by atoms with Gasteiger partial charge in [-0.1, -0.05) is 87.2 Å². The van der Waals surface area contributed by atoms with Crippen LogP contribution in [-0.4, -0.2) is 0 Å². The summed E-state index contributed by atoms with van der Waals surface area (Å²) in [7, 11) is 0. The van der Waals surface area contributed by atoms with Crippen LogP contribution in [0, 0.1) is 5.92 Å². The Morgan fingerprint density at radius 2 is 1.61 bits per heavy atom. The highest BCUT2D eigenvalue weighted by molar-refractivity contribution is 5.25. The van der Waals surface area contributed by atoms with Crippen molar-refractivity contribution in [1.29, 1.82) is 0 Å². The van der Waals surface area contributed by atoms with Gasteiger partial charge in [0, 0.05) is 0 Å². The maximum Gasteiger partial charge on any atom is 0.115 e. The summed E-state index contributed by atoms with van der Waals surface area (Å²) >= 11 is 0. The molecule has 152 valence electrons. The van der Waals surface area contributed by atoms with Crippen LogP contribution in [0.15, 0.2) is 54.6 Å². The SMILES string of the molecule is CCCCCC1CCC(c2ccc(COOC(C)c3ccccc3)cc2)CC1. The molecule has 2 aromatic carbocycles. The van der Waals surface area contributed by atoms with E-state index in [9.17, 15) is 0 Å². The Kier molecular flexibility index (Phi) is 8.57. The molecule has 0 aromatic heterocycles. The molecule has 0 spiro atoms. The zero-order valence-electron chi connectivity index (χ0n) is 17.6. The Morgan fingerprint density at radius 3 is 2.29 bits per heavy atom. The van der Waals surface area contributed by atoms with Crippen molar-refractivity contribution >= 4 is 0 Å². The second-order valence-corrected chi connectivity index (χ2v) is 8.37. The first-order valence-corrected chi connectivity index (χ1v) is 11.2. The molecule has 1 unspecified atom stereocenters. The Labute approximate surface area is 171 Å². The highest BCUT2D eigenvalue weighted by Crippen LogP contribution is 2.37. The average Bonchev–Trinajstić information content (AvgIpc) is 2.75. The summed E-state index contributed by atoms with van der Waals surface area (Å²) in [5.74, 6) is 1.71. The number of unbranched alkanes of at least 4 members (excludes halogenated alkanes) is 2. The molecule has 2 nitrogen and oxygen atoms in total. The minimum atomic E-state index is -0.0621. The molecule has 28 heavy (non-hydrogen) atoms. The normalized spacial score (nSPS) is 20.8. The van der Waals surface area contributed by atoms with Gasteiger partial charge >= 0.3 is 0 Å². The van der Waals surface area contributed by atoms with E-state index < -0.39 is 0 Å². The zero-order valence-corrected chi connectivity index (χ0v) is 17.6. The minimum absolute atomic E-state index is 0.0621. The van der Waals surface area contributed by atoms with Crippen molar-refractivity contribution < 1.29 is 9.78 Å². The smallest absolute Gasteiger partial charge is 0.115 e. The summed E-state index contributed by atoms with van der Waals surface area (Å²) in [6, 6.07) is 19.1. The third-order valence-corrected chi connectivity index (χ3v) is 6.22. The molecule has 2 heteroatoms. The van der Waals surface area contributed by atoms with E-state index in [-0.39, 0.29) is 6.10 Å². The van der Waals surface area contributed by atoms with Gasteiger partial charge in [0.2, 0.25) is 0 Å². The van der Waals surface area contributed by atoms with Crippen molar-refractivity contribution in [3.8, 4) is 0 Å². The highest BCUT2D eigenvalue weighted by Gasteiger charge is 2.22. The summed E-state index contributed by atoms with van der Waals surface area (Å²) in [5, 5.41) is 0. The molecule has 1 aliphatic rings. The van der Waals surface area contributed by atoms with E-state index in [1.54, 1.807) is 0 Å². The summed E-state index contributed by atoms with van der Waals surface area (Å²) in [5.41, 5.74) is 3.79. The fourth-order valence-corrected chi connectivity index (χ4v) is 4.34. The molecule has 0 N–H and O–H groups in total. The predicted molar refractivity (Wildman–Crippen MR) is 116 cm³/mol. The topological polar surface area (TPSA) is 18.5 Å². The van der Waals surface area contributed by atoms with E-state index in [1.165, 1.54) is 56.9 Å². The van der Waals surface area contributed by atoms with Crippen molar-refractivity contribution in [3.63, 3.8) is 0 Å². The third-order valence-electron chi connectivity index (χ3n) is 6.22. The maximum absolute atomic E-state index is 5.53. The molecule has 0 radical (unpaired) electrons. The number of hydrogen-bond acceptors (Lipinski definition) is 2. The van der Waals surface area contributed by atoms with Crippen molar-refractivity contribution in [2.75, 3.05) is 0 Å². The van der Waals surface area contributed by atoms with E-state index in [0.717, 1.165) is 23.0 Å². The monoisotopic (exact) mass is 380 g/mol. The van der Waals surface area contributed by atoms with Gasteiger partial charge < -0.3 is 0 Å². The molecule has 1 fully saturated rings. The first-order valence-electron chi connectivity index (χ1n) is 11.2. The Bertz CT molecular complexity index is 657. The van der Waals surface area contributed by atoms with Crippen LogP contribution < -0.4 is 0 Å². The second-order valence-electron chi connectivity index (χ2n) is 8.37. The Morgan fingerprint density at radius 1 is 0.893 bits per heavy atom. The van der Waals surface area contributed by atoms with Gasteiger partial charge in [0.05, 0.1) is 0 Å². The van der Waals surface area contributed by atoms with Crippen LogP contribution in [0.4, 0.5) is 0 Å². The van der Waals surface area contributed by atoms with Gasteiger partial charge in [-0.15, -0.1) is 0 Å². The fraction of sp³-hybridized carbons (Fsp3) is 0.538.